The van der Waals surface area contributed by atoms with Crippen LogP contribution < -0.4 is 0 Å². The van der Waals surface area contributed by atoms with Crippen molar-refractivity contribution in [2.45, 2.75) is 31.3 Å². The van der Waals surface area contributed by atoms with Gasteiger partial charge in [0.25, 0.3) is 0 Å². The number of halogens is 1. The highest BCUT2D eigenvalue weighted by atomic mass is 79.9. The second kappa shape index (κ2) is 5.16. The molecule has 18 heavy (non-hydrogen) atoms. The average Bonchev–Trinajstić information content (AvgIpc) is 3.14. The third-order valence-electron chi connectivity index (χ3n) is 3.37. The van der Waals surface area contributed by atoms with E-state index in [9.17, 15) is 5.11 Å². The fourth-order valence-corrected chi connectivity index (χ4v) is 3.73. The van der Waals surface area contributed by atoms with E-state index in [4.69, 9.17) is 0 Å². The molecule has 1 fully saturated rings. The van der Waals surface area contributed by atoms with E-state index in [1.165, 1.54) is 23.3 Å². The first-order chi connectivity index (χ1) is 8.72. The Labute approximate surface area is 120 Å². The molecule has 0 amide bonds. The number of hydrogen-bond acceptors (Lipinski definition) is 2. The van der Waals surface area contributed by atoms with Gasteiger partial charge in [-0.25, -0.2) is 0 Å². The van der Waals surface area contributed by atoms with Crippen LogP contribution in [-0.2, 0) is 6.42 Å². The van der Waals surface area contributed by atoms with Gasteiger partial charge in [0.2, 0.25) is 0 Å². The number of aliphatic hydroxyl groups is 1. The summed E-state index contributed by atoms with van der Waals surface area (Å²) in [5, 5.41) is 10.3. The zero-order valence-electron chi connectivity index (χ0n) is 9.97. The fourth-order valence-electron chi connectivity index (χ4n) is 2.21. The highest BCUT2D eigenvalue weighted by molar-refractivity contribution is 9.11. The summed E-state index contributed by atoms with van der Waals surface area (Å²) >= 11 is 5.14. The maximum absolute atomic E-state index is 10.3. The van der Waals surface area contributed by atoms with Crippen molar-refractivity contribution >= 4 is 27.3 Å². The van der Waals surface area contributed by atoms with Crippen LogP contribution in [0.15, 0.2) is 40.2 Å². The molecule has 1 aromatic carbocycles. The van der Waals surface area contributed by atoms with Crippen LogP contribution in [0.25, 0.3) is 0 Å². The Bertz CT molecular complexity index is 545. The van der Waals surface area contributed by atoms with E-state index in [-0.39, 0.29) is 0 Å². The molecule has 1 atom stereocenters. The van der Waals surface area contributed by atoms with E-state index in [1.54, 1.807) is 11.3 Å². The lowest BCUT2D eigenvalue weighted by atomic mass is 10.0. The molecule has 3 rings (SSSR count). The van der Waals surface area contributed by atoms with E-state index in [2.05, 4.69) is 40.2 Å². The number of benzene rings is 1. The molecule has 1 nitrogen and oxygen atoms in total. The van der Waals surface area contributed by atoms with Crippen LogP contribution in [0.2, 0.25) is 0 Å². The first-order valence-corrected chi connectivity index (χ1v) is 7.85. The Kier molecular flexibility index (Phi) is 3.55. The topological polar surface area (TPSA) is 20.2 Å². The smallest absolute Gasteiger partial charge is 0.0838 e. The monoisotopic (exact) mass is 322 g/mol. The van der Waals surface area contributed by atoms with Crippen LogP contribution in [-0.4, -0.2) is 5.11 Å². The minimum atomic E-state index is -0.394. The Morgan fingerprint density at radius 2 is 2.11 bits per heavy atom. The summed E-state index contributed by atoms with van der Waals surface area (Å²) in [5.41, 5.74) is 2.43. The van der Waals surface area contributed by atoms with Crippen LogP contribution in [0.4, 0.5) is 0 Å². The summed E-state index contributed by atoms with van der Waals surface area (Å²) in [6, 6.07) is 12.5. The van der Waals surface area contributed by atoms with E-state index in [0.717, 1.165) is 15.3 Å². The van der Waals surface area contributed by atoms with E-state index >= 15 is 0 Å². The number of hydrogen-bond donors (Lipinski definition) is 1. The number of thiophene rings is 1. The predicted molar refractivity (Wildman–Crippen MR) is 79.1 cm³/mol. The van der Waals surface area contributed by atoms with Gasteiger partial charge in [0, 0.05) is 11.3 Å². The summed E-state index contributed by atoms with van der Waals surface area (Å²) in [6.45, 7) is 0. The largest absolute Gasteiger partial charge is 0.388 e. The highest BCUT2D eigenvalue weighted by Gasteiger charge is 2.24. The lowest BCUT2D eigenvalue weighted by molar-refractivity contribution is 0.179. The van der Waals surface area contributed by atoms with Gasteiger partial charge >= 0.3 is 0 Å². The molecule has 0 aliphatic heterocycles. The standard InChI is InChI=1S/C15H15BrOS/c16-15-7-6-13(18-15)9-14(17)12-3-1-2-11(8-12)10-4-5-10/h1-3,6-8,10,14,17H,4-5,9H2. The molecule has 1 N–H and O–H groups in total. The molecular formula is C15H15BrOS. The van der Waals surface area contributed by atoms with Gasteiger partial charge in [-0.3, -0.25) is 0 Å². The van der Waals surface area contributed by atoms with E-state index < -0.39 is 6.10 Å². The maximum Gasteiger partial charge on any atom is 0.0838 e. The van der Waals surface area contributed by atoms with Gasteiger partial charge in [0.15, 0.2) is 0 Å². The van der Waals surface area contributed by atoms with Crippen LogP contribution in [0.3, 0.4) is 0 Å². The summed E-state index contributed by atoms with van der Waals surface area (Å²) in [4.78, 5) is 1.21. The van der Waals surface area contributed by atoms with Crippen molar-refractivity contribution in [2.75, 3.05) is 0 Å². The first kappa shape index (κ1) is 12.4. The minimum Gasteiger partial charge on any atom is -0.388 e. The molecule has 1 aliphatic rings. The lowest BCUT2D eigenvalue weighted by Crippen LogP contribution is -2.01. The van der Waals surface area contributed by atoms with Gasteiger partial charge in [-0.15, -0.1) is 11.3 Å². The average molecular weight is 323 g/mol. The third-order valence-corrected chi connectivity index (χ3v) is 5.01. The van der Waals surface area contributed by atoms with Crippen LogP contribution in [0.5, 0.6) is 0 Å². The Morgan fingerprint density at radius 3 is 2.78 bits per heavy atom. The summed E-state index contributed by atoms with van der Waals surface area (Å²) in [6.07, 6.45) is 2.91. The molecule has 3 heteroatoms. The molecule has 2 aromatic rings. The van der Waals surface area contributed by atoms with Crippen LogP contribution in [0, 0.1) is 0 Å². The van der Waals surface area contributed by atoms with Gasteiger partial charge in [-0.1, -0.05) is 24.3 Å². The highest BCUT2D eigenvalue weighted by Crippen LogP contribution is 2.40. The summed E-state index contributed by atoms with van der Waals surface area (Å²) < 4.78 is 1.12. The molecule has 94 valence electrons. The molecule has 1 unspecified atom stereocenters. The van der Waals surface area contributed by atoms with Gasteiger partial charge in [-0.2, -0.15) is 0 Å². The van der Waals surface area contributed by atoms with Gasteiger partial charge in [-0.05, 0) is 57.9 Å². The summed E-state index contributed by atoms with van der Waals surface area (Å²) in [5.74, 6) is 0.744. The van der Waals surface area contributed by atoms with Gasteiger partial charge < -0.3 is 5.11 Å². The SMILES string of the molecule is OC(Cc1ccc(Br)s1)c1cccc(C2CC2)c1. The summed E-state index contributed by atoms with van der Waals surface area (Å²) in [7, 11) is 0. The second-order valence-corrected chi connectivity index (χ2v) is 7.42. The van der Waals surface area contributed by atoms with Crippen molar-refractivity contribution in [3.8, 4) is 0 Å². The molecular weight excluding hydrogens is 308 g/mol. The fraction of sp³-hybridized carbons (Fsp3) is 0.333. The zero-order chi connectivity index (χ0) is 12.5. The maximum atomic E-state index is 10.3. The Morgan fingerprint density at radius 1 is 1.28 bits per heavy atom. The Hall–Kier alpha value is -0.640. The molecule has 1 aliphatic carbocycles. The van der Waals surface area contributed by atoms with Crippen molar-refractivity contribution in [3.05, 3.63) is 56.2 Å². The molecule has 0 saturated heterocycles. The van der Waals surface area contributed by atoms with Gasteiger partial charge in [0.1, 0.15) is 0 Å². The molecule has 1 heterocycles. The molecule has 0 bridgehead atoms. The predicted octanol–water partition coefficient (Wildman–Crippen LogP) is 4.66. The van der Waals surface area contributed by atoms with Crippen LogP contribution in [0.1, 0.15) is 40.9 Å². The van der Waals surface area contributed by atoms with Gasteiger partial charge in [0.05, 0.1) is 9.89 Å². The first-order valence-electron chi connectivity index (χ1n) is 6.24. The van der Waals surface area contributed by atoms with Crippen molar-refractivity contribution in [1.82, 2.24) is 0 Å². The molecule has 1 aromatic heterocycles. The number of rotatable bonds is 4. The van der Waals surface area contributed by atoms with Crippen molar-refractivity contribution in [1.29, 1.82) is 0 Å². The van der Waals surface area contributed by atoms with Crippen LogP contribution >= 0.6 is 27.3 Å². The van der Waals surface area contributed by atoms with E-state index in [0.29, 0.717) is 6.42 Å². The third kappa shape index (κ3) is 2.85. The minimum absolute atomic E-state index is 0.394. The quantitative estimate of drug-likeness (QED) is 0.867. The lowest BCUT2D eigenvalue weighted by Gasteiger charge is -2.11. The molecule has 0 spiro atoms. The zero-order valence-corrected chi connectivity index (χ0v) is 12.4. The number of aliphatic hydroxyl groups excluding tert-OH is 1. The Balaban J connectivity index is 1.74. The normalized spacial score (nSPS) is 16.8. The van der Waals surface area contributed by atoms with Crippen molar-refractivity contribution < 1.29 is 5.11 Å². The van der Waals surface area contributed by atoms with Crippen molar-refractivity contribution in [2.24, 2.45) is 0 Å². The molecule has 0 radical (unpaired) electrons. The van der Waals surface area contributed by atoms with Crippen molar-refractivity contribution in [3.63, 3.8) is 0 Å². The van der Waals surface area contributed by atoms with E-state index in [1.807, 2.05) is 12.1 Å². The molecule has 1 saturated carbocycles. The second-order valence-electron chi connectivity index (χ2n) is 4.87.